The molecule has 0 saturated carbocycles. The van der Waals surface area contributed by atoms with Gasteiger partial charge in [0, 0.05) is 43.3 Å². The van der Waals surface area contributed by atoms with Crippen molar-refractivity contribution in [1.82, 2.24) is 14.8 Å². The summed E-state index contributed by atoms with van der Waals surface area (Å²) in [5.41, 5.74) is 1.76. The van der Waals surface area contributed by atoms with E-state index >= 15 is 0 Å². The number of amides is 1. The van der Waals surface area contributed by atoms with Crippen molar-refractivity contribution in [2.75, 3.05) is 39.4 Å². The molecule has 5 nitrogen and oxygen atoms in total. The van der Waals surface area contributed by atoms with E-state index in [1.165, 1.54) is 0 Å². The minimum absolute atomic E-state index is 0.000397. The Hall–Kier alpha value is -2.11. The molecule has 0 bridgehead atoms. The average molecular weight is 327 g/mol. The first-order valence-electron chi connectivity index (χ1n) is 8.65. The van der Waals surface area contributed by atoms with E-state index in [4.69, 9.17) is 4.74 Å². The molecular weight excluding hydrogens is 302 g/mol. The van der Waals surface area contributed by atoms with Crippen molar-refractivity contribution in [3.63, 3.8) is 0 Å². The summed E-state index contributed by atoms with van der Waals surface area (Å²) in [4.78, 5) is 14.6. The Balaban J connectivity index is 1.37. The molecule has 1 N–H and O–H groups in total. The number of benzene rings is 1. The molecule has 24 heavy (non-hydrogen) atoms. The zero-order valence-corrected chi connectivity index (χ0v) is 14.0. The Morgan fingerprint density at radius 3 is 2.46 bits per heavy atom. The maximum atomic E-state index is 12.2. The van der Waals surface area contributed by atoms with E-state index in [1.807, 2.05) is 53.4 Å². The highest BCUT2D eigenvalue weighted by Crippen LogP contribution is 2.10. The first-order chi connectivity index (χ1) is 11.8. The van der Waals surface area contributed by atoms with Crippen LogP contribution in [0.4, 0.5) is 0 Å². The van der Waals surface area contributed by atoms with Crippen molar-refractivity contribution in [2.45, 2.75) is 12.8 Å². The number of aromatic nitrogens is 1. The Labute approximate surface area is 143 Å². The number of hydrogen-bond donors (Lipinski definition) is 1. The monoisotopic (exact) mass is 327 g/mol. The van der Waals surface area contributed by atoms with Crippen LogP contribution in [-0.4, -0.2) is 54.8 Å². The van der Waals surface area contributed by atoms with Gasteiger partial charge in [-0.1, -0.05) is 0 Å². The normalized spacial score (nSPS) is 15.3. The summed E-state index contributed by atoms with van der Waals surface area (Å²) in [7, 11) is 0. The van der Waals surface area contributed by atoms with E-state index in [1.54, 1.807) is 0 Å². The van der Waals surface area contributed by atoms with Gasteiger partial charge in [0.1, 0.15) is 0 Å². The fraction of sp³-hybridized carbons (Fsp3) is 0.421. The quantitative estimate of drug-likeness (QED) is 0.794. The first kappa shape index (κ1) is 16.7. The minimum Gasteiger partial charge on any atom is -0.379 e. The van der Waals surface area contributed by atoms with Crippen molar-refractivity contribution in [3.8, 4) is 5.69 Å². The summed E-state index contributed by atoms with van der Waals surface area (Å²) in [6.07, 6.45) is 6.09. The van der Waals surface area contributed by atoms with Crippen molar-refractivity contribution in [1.29, 1.82) is 0 Å². The van der Waals surface area contributed by atoms with Crippen LogP contribution in [0.15, 0.2) is 48.8 Å². The second kappa shape index (κ2) is 8.66. The first-order valence-corrected chi connectivity index (χ1v) is 8.65. The number of ether oxygens (including phenoxy) is 1. The highest BCUT2D eigenvalue weighted by atomic mass is 16.5. The van der Waals surface area contributed by atoms with Crippen LogP contribution in [0.1, 0.15) is 23.2 Å². The second-order valence-corrected chi connectivity index (χ2v) is 6.05. The fourth-order valence-electron chi connectivity index (χ4n) is 2.88. The lowest BCUT2D eigenvalue weighted by atomic mass is 10.2. The number of carbonyl (C=O) groups excluding carboxylic acids is 1. The third-order valence-electron chi connectivity index (χ3n) is 4.32. The number of carbonyl (C=O) groups is 1. The van der Waals surface area contributed by atoms with E-state index in [0.717, 1.165) is 57.9 Å². The molecular formula is C19H25N3O2. The highest BCUT2D eigenvalue weighted by molar-refractivity contribution is 5.94. The Bertz CT molecular complexity index is 617. The van der Waals surface area contributed by atoms with Crippen LogP contribution in [0.2, 0.25) is 0 Å². The van der Waals surface area contributed by atoms with Gasteiger partial charge in [-0.3, -0.25) is 9.69 Å². The van der Waals surface area contributed by atoms with Gasteiger partial charge in [-0.05, 0) is 55.8 Å². The van der Waals surface area contributed by atoms with Gasteiger partial charge in [0.15, 0.2) is 0 Å². The highest BCUT2D eigenvalue weighted by Gasteiger charge is 2.09. The number of unbranched alkanes of at least 4 members (excludes halogenated alkanes) is 1. The SMILES string of the molecule is O=C(NCCCCN1CCOCC1)c1ccc(-n2cccc2)cc1. The van der Waals surface area contributed by atoms with E-state index in [9.17, 15) is 4.79 Å². The average Bonchev–Trinajstić information content (AvgIpc) is 3.17. The largest absolute Gasteiger partial charge is 0.379 e. The molecule has 0 unspecified atom stereocenters. The van der Waals surface area contributed by atoms with Gasteiger partial charge in [0.25, 0.3) is 5.91 Å². The van der Waals surface area contributed by atoms with Crippen LogP contribution in [0.5, 0.6) is 0 Å². The molecule has 2 aromatic rings. The van der Waals surface area contributed by atoms with Crippen molar-refractivity contribution < 1.29 is 9.53 Å². The van der Waals surface area contributed by atoms with Crippen LogP contribution in [-0.2, 0) is 4.74 Å². The second-order valence-electron chi connectivity index (χ2n) is 6.05. The number of nitrogens with zero attached hydrogens (tertiary/aromatic N) is 2. The molecule has 1 amide bonds. The molecule has 5 heteroatoms. The topological polar surface area (TPSA) is 46.5 Å². The minimum atomic E-state index is 0.000397. The smallest absolute Gasteiger partial charge is 0.251 e. The van der Waals surface area contributed by atoms with Crippen LogP contribution in [0, 0.1) is 0 Å². The molecule has 3 rings (SSSR count). The Kier molecular flexibility index (Phi) is 6.04. The number of hydrogen-bond acceptors (Lipinski definition) is 3. The molecule has 1 aromatic carbocycles. The lowest BCUT2D eigenvalue weighted by molar-refractivity contribution is 0.0372. The molecule has 1 aliphatic rings. The maximum absolute atomic E-state index is 12.2. The van der Waals surface area contributed by atoms with Gasteiger partial charge in [-0.15, -0.1) is 0 Å². The van der Waals surface area contributed by atoms with Crippen molar-refractivity contribution >= 4 is 5.91 Å². The fourth-order valence-corrected chi connectivity index (χ4v) is 2.88. The van der Waals surface area contributed by atoms with E-state index in [0.29, 0.717) is 5.56 Å². The molecule has 1 aliphatic heterocycles. The molecule has 0 spiro atoms. The molecule has 1 aromatic heterocycles. The molecule has 1 fully saturated rings. The molecule has 2 heterocycles. The summed E-state index contributed by atoms with van der Waals surface area (Å²) >= 11 is 0. The molecule has 0 atom stereocenters. The van der Waals surface area contributed by atoms with Gasteiger partial charge in [-0.25, -0.2) is 0 Å². The zero-order chi connectivity index (χ0) is 16.6. The third-order valence-corrected chi connectivity index (χ3v) is 4.32. The third kappa shape index (κ3) is 4.69. The van der Waals surface area contributed by atoms with Gasteiger partial charge in [-0.2, -0.15) is 0 Å². The summed E-state index contributed by atoms with van der Waals surface area (Å²) in [6.45, 7) is 5.55. The van der Waals surface area contributed by atoms with Crippen LogP contribution in [0.3, 0.4) is 0 Å². The number of rotatable bonds is 7. The van der Waals surface area contributed by atoms with Crippen LogP contribution < -0.4 is 5.32 Å². The van der Waals surface area contributed by atoms with E-state index < -0.39 is 0 Å². The van der Waals surface area contributed by atoms with Crippen LogP contribution >= 0.6 is 0 Å². The number of nitrogens with one attached hydrogen (secondary N) is 1. The van der Waals surface area contributed by atoms with Gasteiger partial charge in [0.05, 0.1) is 13.2 Å². The van der Waals surface area contributed by atoms with Gasteiger partial charge < -0.3 is 14.6 Å². The summed E-state index contributed by atoms with van der Waals surface area (Å²) in [5.74, 6) is 0.000397. The van der Waals surface area contributed by atoms with Crippen molar-refractivity contribution in [2.24, 2.45) is 0 Å². The molecule has 0 aliphatic carbocycles. The summed E-state index contributed by atoms with van der Waals surface area (Å²) in [5, 5.41) is 3.00. The standard InChI is InChI=1S/C19H25N3O2/c23-19(20-9-1-2-10-21-13-15-24-16-14-21)17-5-7-18(8-6-17)22-11-3-4-12-22/h3-8,11-12H,1-2,9-10,13-16H2,(H,20,23). The Morgan fingerprint density at radius 2 is 1.75 bits per heavy atom. The summed E-state index contributed by atoms with van der Waals surface area (Å²) < 4.78 is 7.36. The van der Waals surface area contributed by atoms with Gasteiger partial charge >= 0.3 is 0 Å². The molecule has 1 saturated heterocycles. The van der Waals surface area contributed by atoms with Gasteiger partial charge in [0.2, 0.25) is 0 Å². The van der Waals surface area contributed by atoms with Crippen molar-refractivity contribution in [3.05, 3.63) is 54.4 Å². The van der Waals surface area contributed by atoms with Crippen LogP contribution in [0.25, 0.3) is 5.69 Å². The van der Waals surface area contributed by atoms with E-state index in [-0.39, 0.29) is 5.91 Å². The predicted octanol–water partition coefficient (Wildman–Crippen LogP) is 2.32. The Morgan fingerprint density at radius 1 is 1.04 bits per heavy atom. The maximum Gasteiger partial charge on any atom is 0.251 e. The lowest BCUT2D eigenvalue weighted by Gasteiger charge is -2.26. The lowest BCUT2D eigenvalue weighted by Crippen LogP contribution is -2.37. The predicted molar refractivity (Wildman–Crippen MR) is 94.6 cm³/mol. The number of morpholine rings is 1. The summed E-state index contributed by atoms with van der Waals surface area (Å²) in [6, 6.07) is 11.6. The molecule has 128 valence electrons. The molecule has 0 radical (unpaired) electrons. The zero-order valence-electron chi connectivity index (χ0n) is 14.0. The van der Waals surface area contributed by atoms with E-state index in [2.05, 4.69) is 10.2 Å².